The van der Waals surface area contributed by atoms with Gasteiger partial charge < -0.3 is 10.0 Å². The topological polar surface area (TPSA) is 52.5 Å². The summed E-state index contributed by atoms with van der Waals surface area (Å²) >= 11 is 0. The Bertz CT molecular complexity index is 648. The molecule has 0 amide bonds. The first-order valence-corrected chi connectivity index (χ1v) is 7.51. The highest BCUT2D eigenvalue weighted by atomic mass is 19.2. The molecule has 2 heterocycles. The third-order valence-corrected chi connectivity index (χ3v) is 3.97. The molecule has 1 aliphatic heterocycles. The second-order valence-electron chi connectivity index (χ2n) is 5.53. The predicted octanol–water partition coefficient (Wildman–Crippen LogP) is 1.61. The van der Waals surface area contributed by atoms with Gasteiger partial charge in [0.15, 0.2) is 11.6 Å². The Morgan fingerprint density at radius 2 is 1.74 bits per heavy atom. The van der Waals surface area contributed by atoms with Crippen molar-refractivity contribution >= 4 is 5.95 Å². The van der Waals surface area contributed by atoms with E-state index in [2.05, 4.69) is 19.8 Å². The minimum absolute atomic E-state index is 0.383. The van der Waals surface area contributed by atoms with E-state index < -0.39 is 17.7 Å². The molecular formula is C16H18F2N4O. The van der Waals surface area contributed by atoms with E-state index in [1.807, 2.05) is 0 Å². The van der Waals surface area contributed by atoms with Gasteiger partial charge in [-0.15, -0.1) is 0 Å². The molecule has 3 rings (SSSR count). The van der Waals surface area contributed by atoms with Crippen molar-refractivity contribution in [3.63, 3.8) is 0 Å². The number of halogens is 2. The zero-order chi connectivity index (χ0) is 16.2. The average molecular weight is 320 g/mol. The van der Waals surface area contributed by atoms with Crippen LogP contribution in [0.5, 0.6) is 0 Å². The summed E-state index contributed by atoms with van der Waals surface area (Å²) < 4.78 is 26.2. The molecule has 1 aromatic carbocycles. The molecule has 7 heteroatoms. The van der Waals surface area contributed by atoms with Gasteiger partial charge in [-0.3, -0.25) is 4.90 Å². The van der Waals surface area contributed by atoms with Crippen molar-refractivity contribution in [2.75, 3.05) is 37.6 Å². The molecule has 0 saturated carbocycles. The Balaban J connectivity index is 1.55. The number of nitrogens with zero attached hydrogens (tertiary/aromatic N) is 4. The quantitative estimate of drug-likeness (QED) is 0.927. The van der Waals surface area contributed by atoms with Gasteiger partial charge in [0.2, 0.25) is 5.95 Å². The number of benzene rings is 1. The van der Waals surface area contributed by atoms with E-state index in [1.165, 1.54) is 6.07 Å². The van der Waals surface area contributed by atoms with Gasteiger partial charge in [0.05, 0.1) is 6.10 Å². The normalized spacial score (nSPS) is 17.3. The van der Waals surface area contributed by atoms with Crippen LogP contribution in [-0.2, 0) is 0 Å². The molecule has 122 valence electrons. The van der Waals surface area contributed by atoms with Gasteiger partial charge >= 0.3 is 0 Å². The largest absolute Gasteiger partial charge is 0.387 e. The van der Waals surface area contributed by atoms with E-state index in [9.17, 15) is 13.9 Å². The number of rotatable bonds is 4. The van der Waals surface area contributed by atoms with E-state index in [0.29, 0.717) is 18.1 Å². The smallest absolute Gasteiger partial charge is 0.225 e. The van der Waals surface area contributed by atoms with Crippen molar-refractivity contribution in [1.29, 1.82) is 0 Å². The van der Waals surface area contributed by atoms with E-state index in [-0.39, 0.29) is 0 Å². The standard InChI is InChI=1S/C16H18F2N4O/c17-13-3-2-12(10-14(13)18)15(23)11-21-6-8-22(9-7-21)16-19-4-1-5-20-16/h1-5,10,15,23H,6-9,11H2. The maximum absolute atomic E-state index is 13.2. The van der Waals surface area contributed by atoms with Crippen LogP contribution < -0.4 is 4.90 Å². The predicted molar refractivity (Wildman–Crippen MR) is 82.0 cm³/mol. The lowest BCUT2D eigenvalue weighted by atomic mass is 10.1. The number of aromatic nitrogens is 2. The highest BCUT2D eigenvalue weighted by Gasteiger charge is 2.21. The number of piperazine rings is 1. The van der Waals surface area contributed by atoms with Gasteiger partial charge in [0, 0.05) is 45.1 Å². The Kier molecular flexibility index (Phi) is 4.78. The van der Waals surface area contributed by atoms with Crippen molar-refractivity contribution in [2.45, 2.75) is 6.10 Å². The van der Waals surface area contributed by atoms with Crippen LogP contribution in [0.25, 0.3) is 0 Å². The zero-order valence-electron chi connectivity index (χ0n) is 12.6. The third kappa shape index (κ3) is 3.80. The monoisotopic (exact) mass is 320 g/mol. The van der Waals surface area contributed by atoms with Crippen LogP contribution in [0.15, 0.2) is 36.7 Å². The number of aliphatic hydroxyl groups excluding tert-OH is 1. The van der Waals surface area contributed by atoms with Crippen LogP contribution in [-0.4, -0.2) is 52.7 Å². The Morgan fingerprint density at radius 3 is 2.39 bits per heavy atom. The lowest BCUT2D eigenvalue weighted by molar-refractivity contribution is 0.109. The summed E-state index contributed by atoms with van der Waals surface area (Å²) in [5.74, 6) is -1.14. The van der Waals surface area contributed by atoms with Crippen LogP contribution in [0.4, 0.5) is 14.7 Å². The SMILES string of the molecule is OC(CN1CCN(c2ncccn2)CC1)c1ccc(F)c(F)c1. The lowest BCUT2D eigenvalue weighted by Gasteiger charge is -2.35. The Morgan fingerprint density at radius 1 is 1.04 bits per heavy atom. The number of anilines is 1. The molecule has 0 spiro atoms. The molecule has 1 atom stereocenters. The number of aliphatic hydroxyl groups is 1. The molecule has 0 radical (unpaired) electrons. The van der Waals surface area contributed by atoms with Gasteiger partial charge in [0.25, 0.3) is 0 Å². The summed E-state index contributed by atoms with van der Waals surface area (Å²) in [7, 11) is 0. The summed E-state index contributed by atoms with van der Waals surface area (Å²) in [5, 5.41) is 10.2. The minimum atomic E-state index is -0.937. The van der Waals surface area contributed by atoms with E-state index in [0.717, 1.165) is 38.3 Å². The average Bonchev–Trinajstić information content (AvgIpc) is 2.59. The maximum atomic E-state index is 13.2. The number of hydrogen-bond acceptors (Lipinski definition) is 5. The number of β-amino-alcohol motifs (C(OH)–C–C–N with tert-alkyl or cyclic N) is 1. The third-order valence-electron chi connectivity index (χ3n) is 3.97. The first kappa shape index (κ1) is 15.8. The molecule has 5 nitrogen and oxygen atoms in total. The molecule has 1 aromatic heterocycles. The molecule has 2 aromatic rings. The lowest BCUT2D eigenvalue weighted by Crippen LogP contribution is -2.48. The van der Waals surface area contributed by atoms with Crippen molar-refractivity contribution < 1.29 is 13.9 Å². The summed E-state index contributed by atoms with van der Waals surface area (Å²) in [4.78, 5) is 12.6. The van der Waals surface area contributed by atoms with Crippen LogP contribution in [0.2, 0.25) is 0 Å². The minimum Gasteiger partial charge on any atom is -0.387 e. The van der Waals surface area contributed by atoms with Gasteiger partial charge in [-0.2, -0.15) is 0 Å². The van der Waals surface area contributed by atoms with E-state index in [1.54, 1.807) is 18.5 Å². The first-order chi connectivity index (χ1) is 11.1. The summed E-state index contributed by atoms with van der Waals surface area (Å²) in [6.45, 7) is 3.40. The molecule has 1 aliphatic rings. The van der Waals surface area contributed by atoms with Gasteiger partial charge in [-0.05, 0) is 23.8 Å². The fourth-order valence-electron chi connectivity index (χ4n) is 2.65. The van der Waals surface area contributed by atoms with Crippen LogP contribution in [0.1, 0.15) is 11.7 Å². The van der Waals surface area contributed by atoms with Gasteiger partial charge in [-0.25, -0.2) is 18.7 Å². The molecule has 23 heavy (non-hydrogen) atoms. The van der Waals surface area contributed by atoms with Crippen molar-refractivity contribution in [3.8, 4) is 0 Å². The second kappa shape index (κ2) is 6.97. The maximum Gasteiger partial charge on any atom is 0.225 e. The molecule has 1 fully saturated rings. The molecule has 1 N–H and O–H groups in total. The Hall–Kier alpha value is -2.12. The van der Waals surface area contributed by atoms with Gasteiger partial charge in [0.1, 0.15) is 0 Å². The van der Waals surface area contributed by atoms with Gasteiger partial charge in [-0.1, -0.05) is 6.07 Å². The van der Waals surface area contributed by atoms with Crippen molar-refractivity contribution in [3.05, 3.63) is 53.9 Å². The molecular weight excluding hydrogens is 302 g/mol. The van der Waals surface area contributed by atoms with Crippen molar-refractivity contribution in [2.24, 2.45) is 0 Å². The zero-order valence-corrected chi connectivity index (χ0v) is 12.6. The molecule has 0 bridgehead atoms. The molecule has 1 saturated heterocycles. The number of hydrogen-bond donors (Lipinski definition) is 1. The van der Waals surface area contributed by atoms with Crippen LogP contribution in [0, 0.1) is 11.6 Å². The summed E-state index contributed by atoms with van der Waals surface area (Å²) in [5.41, 5.74) is 0.387. The summed E-state index contributed by atoms with van der Waals surface area (Å²) in [6.07, 6.45) is 2.58. The fourth-order valence-corrected chi connectivity index (χ4v) is 2.65. The highest BCUT2D eigenvalue weighted by molar-refractivity contribution is 5.29. The van der Waals surface area contributed by atoms with E-state index in [4.69, 9.17) is 0 Å². The summed E-state index contributed by atoms with van der Waals surface area (Å²) in [6, 6.07) is 5.28. The van der Waals surface area contributed by atoms with Crippen LogP contribution >= 0.6 is 0 Å². The second-order valence-corrected chi connectivity index (χ2v) is 5.53. The highest BCUT2D eigenvalue weighted by Crippen LogP contribution is 2.18. The van der Waals surface area contributed by atoms with Crippen LogP contribution in [0.3, 0.4) is 0 Å². The molecule has 0 aliphatic carbocycles. The molecule has 1 unspecified atom stereocenters. The Labute approximate surface area is 133 Å². The fraction of sp³-hybridized carbons (Fsp3) is 0.375. The first-order valence-electron chi connectivity index (χ1n) is 7.51. The van der Waals surface area contributed by atoms with E-state index >= 15 is 0 Å². The van der Waals surface area contributed by atoms with Crippen molar-refractivity contribution in [1.82, 2.24) is 14.9 Å².